The molecule has 104 valence electrons. The Morgan fingerprint density at radius 1 is 1.11 bits per heavy atom. The summed E-state index contributed by atoms with van der Waals surface area (Å²) in [4.78, 5) is 2.66. The lowest BCUT2D eigenvalue weighted by molar-refractivity contribution is 0.0578. The smallest absolute Gasteiger partial charge is 0.0328 e. The monoisotopic (exact) mass is 250 g/mol. The molecule has 0 radical (unpaired) electrons. The topological polar surface area (TPSA) is 29.3 Å². The van der Waals surface area contributed by atoms with Gasteiger partial charge in [-0.15, -0.1) is 0 Å². The second-order valence-corrected chi connectivity index (χ2v) is 7.30. The highest BCUT2D eigenvalue weighted by molar-refractivity contribution is 4.96. The summed E-state index contributed by atoms with van der Waals surface area (Å²) in [5.74, 6) is 3.11. The van der Waals surface area contributed by atoms with Crippen molar-refractivity contribution < 1.29 is 0 Å². The van der Waals surface area contributed by atoms with Crippen LogP contribution in [0.3, 0.4) is 0 Å². The zero-order valence-electron chi connectivity index (χ0n) is 12.0. The Bertz CT molecular complexity index is 283. The number of likely N-dealkylation sites (N-methyl/N-ethyl adjacent to an activating group) is 1. The molecular formula is C16H30N2. The molecule has 3 saturated carbocycles. The van der Waals surface area contributed by atoms with E-state index in [-0.39, 0.29) is 0 Å². The molecule has 2 nitrogen and oxygen atoms in total. The lowest BCUT2D eigenvalue weighted by Crippen LogP contribution is -2.54. The zero-order chi connectivity index (χ0) is 12.6. The number of rotatable bonds is 4. The van der Waals surface area contributed by atoms with E-state index in [1.54, 1.807) is 0 Å². The lowest BCUT2D eigenvalue weighted by atomic mass is 9.79. The van der Waals surface area contributed by atoms with Gasteiger partial charge in [-0.25, -0.2) is 0 Å². The lowest BCUT2D eigenvalue weighted by Gasteiger charge is -2.45. The average Bonchev–Trinajstić information content (AvgIpc) is 3.01. The van der Waals surface area contributed by atoms with Crippen LogP contribution < -0.4 is 5.73 Å². The molecule has 0 aromatic heterocycles. The molecule has 0 aromatic rings. The van der Waals surface area contributed by atoms with Crippen molar-refractivity contribution in [2.45, 2.75) is 63.3 Å². The molecular weight excluding hydrogens is 220 g/mol. The maximum atomic E-state index is 6.15. The third-order valence-corrected chi connectivity index (χ3v) is 6.37. The Labute approximate surface area is 112 Å². The Balaban J connectivity index is 1.61. The van der Waals surface area contributed by atoms with Crippen LogP contribution in [0, 0.1) is 17.8 Å². The minimum absolute atomic E-state index is 0.347. The molecule has 0 aliphatic heterocycles. The molecule has 0 amide bonds. The first-order chi connectivity index (χ1) is 8.73. The molecule has 0 heterocycles. The number of nitrogens with zero attached hydrogens (tertiary/aromatic N) is 1. The largest absolute Gasteiger partial charge is 0.329 e. The van der Waals surface area contributed by atoms with E-state index in [0.29, 0.717) is 5.54 Å². The van der Waals surface area contributed by atoms with Crippen LogP contribution in [0.25, 0.3) is 0 Å². The number of hydrogen-bond donors (Lipinski definition) is 1. The molecule has 3 fully saturated rings. The predicted molar refractivity (Wildman–Crippen MR) is 76.4 cm³/mol. The van der Waals surface area contributed by atoms with Crippen molar-refractivity contribution in [2.75, 3.05) is 20.1 Å². The summed E-state index contributed by atoms with van der Waals surface area (Å²) in [5.41, 5.74) is 6.49. The number of hydrogen-bond acceptors (Lipinski definition) is 2. The van der Waals surface area contributed by atoms with E-state index in [2.05, 4.69) is 11.9 Å². The summed E-state index contributed by atoms with van der Waals surface area (Å²) in [5, 5.41) is 0. The van der Waals surface area contributed by atoms with Crippen molar-refractivity contribution in [3.8, 4) is 0 Å². The Morgan fingerprint density at radius 2 is 1.89 bits per heavy atom. The van der Waals surface area contributed by atoms with E-state index in [4.69, 9.17) is 5.73 Å². The molecule has 0 saturated heterocycles. The van der Waals surface area contributed by atoms with Crippen molar-refractivity contribution in [1.82, 2.24) is 4.90 Å². The fraction of sp³-hybridized carbons (Fsp3) is 1.00. The summed E-state index contributed by atoms with van der Waals surface area (Å²) in [6, 6.07) is 0. The van der Waals surface area contributed by atoms with Gasteiger partial charge in [0.05, 0.1) is 0 Å². The van der Waals surface area contributed by atoms with Crippen molar-refractivity contribution in [3.63, 3.8) is 0 Å². The molecule has 3 rings (SSSR count). The fourth-order valence-corrected chi connectivity index (χ4v) is 5.10. The second kappa shape index (κ2) is 5.13. The molecule has 3 atom stereocenters. The van der Waals surface area contributed by atoms with Crippen LogP contribution in [0.4, 0.5) is 0 Å². The molecule has 2 bridgehead atoms. The van der Waals surface area contributed by atoms with Gasteiger partial charge in [0.2, 0.25) is 0 Å². The Kier molecular flexibility index (Phi) is 3.68. The van der Waals surface area contributed by atoms with Crippen LogP contribution >= 0.6 is 0 Å². The number of fused-ring (bicyclic) bond motifs is 2. The highest BCUT2D eigenvalue weighted by Gasteiger charge is 2.42. The third kappa shape index (κ3) is 2.22. The number of nitrogens with two attached hydrogens (primary N) is 1. The van der Waals surface area contributed by atoms with E-state index in [0.717, 1.165) is 24.3 Å². The predicted octanol–water partition coefficient (Wildman–Crippen LogP) is 3.02. The summed E-state index contributed by atoms with van der Waals surface area (Å²) in [6.07, 6.45) is 12.9. The van der Waals surface area contributed by atoms with E-state index < -0.39 is 0 Å². The molecule has 2 N–H and O–H groups in total. The van der Waals surface area contributed by atoms with Gasteiger partial charge in [-0.2, -0.15) is 0 Å². The van der Waals surface area contributed by atoms with Gasteiger partial charge in [-0.05, 0) is 56.9 Å². The summed E-state index contributed by atoms with van der Waals surface area (Å²) < 4.78 is 0. The van der Waals surface area contributed by atoms with Crippen LogP contribution in [0.15, 0.2) is 0 Å². The van der Waals surface area contributed by atoms with Crippen molar-refractivity contribution in [1.29, 1.82) is 0 Å². The minimum Gasteiger partial charge on any atom is -0.329 e. The van der Waals surface area contributed by atoms with Gasteiger partial charge in [-0.3, -0.25) is 4.90 Å². The Morgan fingerprint density at radius 3 is 2.44 bits per heavy atom. The second-order valence-electron chi connectivity index (χ2n) is 7.30. The highest BCUT2D eigenvalue weighted by Crippen LogP contribution is 2.49. The van der Waals surface area contributed by atoms with Crippen molar-refractivity contribution >= 4 is 0 Å². The molecule has 0 aromatic carbocycles. The molecule has 3 aliphatic carbocycles. The van der Waals surface area contributed by atoms with Crippen LogP contribution in [0.1, 0.15) is 57.8 Å². The first-order valence-electron chi connectivity index (χ1n) is 8.15. The van der Waals surface area contributed by atoms with Gasteiger partial charge < -0.3 is 5.73 Å². The highest BCUT2D eigenvalue weighted by atomic mass is 15.2. The molecule has 3 aliphatic rings. The third-order valence-electron chi connectivity index (χ3n) is 6.37. The van der Waals surface area contributed by atoms with Gasteiger partial charge >= 0.3 is 0 Å². The standard InChI is InChI=1S/C16H30N2/c1-18(16(12-17)7-3-2-4-8-16)11-15-10-13-5-6-14(15)9-13/h13-15H,2-12,17H2,1H3. The first-order valence-corrected chi connectivity index (χ1v) is 8.15. The first kappa shape index (κ1) is 12.9. The van der Waals surface area contributed by atoms with Gasteiger partial charge in [-0.1, -0.05) is 25.7 Å². The maximum absolute atomic E-state index is 6.15. The van der Waals surface area contributed by atoms with Crippen LogP contribution in [0.2, 0.25) is 0 Å². The summed E-state index contributed by atoms with van der Waals surface area (Å²) in [7, 11) is 2.35. The van der Waals surface area contributed by atoms with Gasteiger partial charge in [0.25, 0.3) is 0 Å². The van der Waals surface area contributed by atoms with Gasteiger partial charge in [0.15, 0.2) is 0 Å². The maximum Gasteiger partial charge on any atom is 0.0328 e. The summed E-state index contributed by atoms with van der Waals surface area (Å²) in [6.45, 7) is 2.18. The van der Waals surface area contributed by atoms with Gasteiger partial charge in [0.1, 0.15) is 0 Å². The Hall–Kier alpha value is -0.0800. The van der Waals surface area contributed by atoms with Crippen LogP contribution in [-0.2, 0) is 0 Å². The van der Waals surface area contributed by atoms with E-state index in [9.17, 15) is 0 Å². The molecule has 0 spiro atoms. The van der Waals surface area contributed by atoms with E-state index in [1.807, 2.05) is 0 Å². The quantitative estimate of drug-likeness (QED) is 0.831. The normalized spacial score (nSPS) is 38.5. The van der Waals surface area contributed by atoms with E-state index in [1.165, 1.54) is 64.3 Å². The molecule has 18 heavy (non-hydrogen) atoms. The van der Waals surface area contributed by atoms with Gasteiger partial charge in [0, 0.05) is 18.6 Å². The molecule has 3 unspecified atom stereocenters. The van der Waals surface area contributed by atoms with E-state index >= 15 is 0 Å². The van der Waals surface area contributed by atoms with Crippen molar-refractivity contribution in [3.05, 3.63) is 0 Å². The minimum atomic E-state index is 0.347. The zero-order valence-corrected chi connectivity index (χ0v) is 12.0. The fourth-order valence-electron chi connectivity index (χ4n) is 5.10. The van der Waals surface area contributed by atoms with Crippen LogP contribution in [-0.4, -0.2) is 30.6 Å². The van der Waals surface area contributed by atoms with Crippen LogP contribution in [0.5, 0.6) is 0 Å². The van der Waals surface area contributed by atoms with Crippen molar-refractivity contribution in [2.24, 2.45) is 23.5 Å². The molecule has 2 heteroatoms. The summed E-state index contributed by atoms with van der Waals surface area (Å²) >= 11 is 0. The SMILES string of the molecule is CN(CC1CC2CCC1C2)C1(CN)CCCCC1. The average molecular weight is 250 g/mol.